The van der Waals surface area contributed by atoms with Crippen molar-refractivity contribution in [3.05, 3.63) is 63.7 Å². The Labute approximate surface area is 170 Å². The van der Waals surface area contributed by atoms with Crippen LogP contribution >= 0.6 is 27.3 Å². The molecule has 0 saturated carbocycles. The first-order valence-corrected chi connectivity index (χ1v) is 10.5. The van der Waals surface area contributed by atoms with E-state index in [0.717, 1.165) is 39.6 Å². The van der Waals surface area contributed by atoms with Gasteiger partial charge in [0, 0.05) is 47.8 Å². The number of rotatable bonds is 3. The number of nitrogens with zero attached hydrogens (tertiary/aromatic N) is 4. The van der Waals surface area contributed by atoms with E-state index in [0.29, 0.717) is 18.7 Å². The molecule has 0 spiro atoms. The summed E-state index contributed by atoms with van der Waals surface area (Å²) in [5.41, 5.74) is 3.35. The number of aryl methyl sites for hydroxylation is 1. The molecule has 0 radical (unpaired) electrons. The molecule has 5 nitrogen and oxygen atoms in total. The van der Waals surface area contributed by atoms with E-state index in [4.69, 9.17) is 0 Å². The van der Waals surface area contributed by atoms with Gasteiger partial charge in [0.1, 0.15) is 0 Å². The number of carbonyl (C=O) groups is 1. The van der Waals surface area contributed by atoms with Gasteiger partial charge in [-0.15, -0.1) is 11.3 Å². The summed E-state index contributed by atoms with van der Waals surface area (Å²) >= 11 is 5.13. The minimum atomic E-state index is 0.0552. The molecule has 1 saturated heterocycles. The van der Waals surface area contributed by atoms with Crippen LogP contribution < -0.4 is 4.90 Å². The molecular weight excluding hydrogens is 424 g/mol. The molecule has 0 bridgehead atoms. The molecule has 7 heteroatoms. The second kappa shape index (κ2) is 7.78. The van der Waals surface area contributed by atoms with E-state index in [1.54, 1.807) is 11.3 Å². The minimum Gasteiger partial charge on any atom is -0.345 e. The Bertz CT molecular complexity index is 952. The smallest absolute Gasteiger partial charge is 0.255 e. The van der Waals surface area contributed by atoms with Crippen molar-refractivity contribution in [2.75, 3.05) is 31.1 Å². The van der Waals surface area contributed by atoms with Crippen LogP contribution in [0.4, 0.5) is 5.13 Å². The van der Waals surface area contributed by atoms with Crippen LogP contribution in [0.1, 0.15) is 16.1 Å². The minimum absolute atomic E-state index is 0.0552. The highest BCUT2D eigenvalue weighted by atomic mass is 79.9. The Kier molecular flexibility index (Phi) is 5.22. The van der Waals surface area contributed by atoms with E-state index < -0.39 is 0 Å². The van der Waals surface area contributed by atoms with E-state index in [1.807, 2.05) is 59.8 Å². The number of thiazole rings is 1. The number of carbonyl (C=O) groups excluding carboxylic acids is 1. The Hall–Kier alpha value is -2.25. The third kappa shape index (κ3) is 3.89. The van der Waals surface area contributed by atoms with Crippen LogP contribution in [-0.2, 0) is 0 Å². The SMILES string of the molecule is Cc1nc(-c2cccc(Br)c2)ccc1C(=O)N1CCN(c2nccs2)CC1. The lowest BCUT2D eigenvalue weighted by Gasteiger charge is -2.34. The zero-order valence-corrected chi connectivity index (χ0v) is 17.3. The molecule has 3 heterocycles. The van der Waals surface area contributed by atoms with Crippen molar-refractivity contribution in [2.45, 2.75) is 6.92 Å². The Morgan fingerprint density at radius 3 is 2.63 bits per heavy atom. The number of halogens is 1. The highest BCUT2D eigenvalue weighted by Gasteiger charge is 2.24. The number of aromatic nitrogens is 2. The molecule has 1 aliphatic heterocycles. The number of benzene rings is 1. The topological polar surface area (TPSA) is 49.3 Å². The molecule has 27 heavy (non-hydrogen) atoms. The summed E-state index contributed by atoms with van der Waals surface area (Å²) in [6.45, 7) is 4.92. The summed E-state index contributed by atoms with van der Waals surface area (Å²) in [5.74, 6) is 0.0552. The second-order valence-corrected chi connectivity index (χ2v) is 8.22. The van der Waals surface area contributed by atoms with Crippen LogP contribution in [0.5, 0.6) is 0 Å². The average molecular weight is 443 g/mol. The van der Waals surface area contributed by atoms with Crippen molar-refractivity contribution in [3.8, 4) is 11.3 Å². The summed E-state index contributed by atoms with van der Waals surface area (Å²) in [4.78, 5) is 26.1. The van der Waals surface area contributed by atoms with Gasteiger partial charge in [-0.1, -0.05) is 28.1 Å². The molecule has 0 unspecified atom stereocenters. The molecule has 0 N–H and O–H groups in total. The zero-order valence-electron chi connectivity index (χ0n) is 14.9. The van der Waals surface area contributed by atoms with Crippen molar-refractivity contribution >= 4 is 38.3 Å². The van der Waals surface area contributed by atoms with Crippen LogP contribution in [0.3, 0.4) is 0 Å². The van der Waals surface area contributed by atoms with Crippen LogP contribution in [0.15, 0.2) is 52.4 Å². The van der Waals surface area contributed by atoms with Gasteiger partial charge < -0.3 is 9.80 Å². The van der Waals surface area contributed by atoms with E-state index >= 15 is 0 Å². The first-order valence-electron chi connectivity index (χ1n) is 8.79. The van der Waals surface area contributed by atoms with Gasteiger partial charge >= 0.3 is 0 Å². The summed E-state index contributed by atoms with van der Waals surface area (Å²) in [6, 6.07) is 11.8. The number of piperazine rings is 1. The number of hydrogen-bond donors (Lipinski definition) is 0. The van der Waals surface area contributed by atoms with Gasteiger partial charge in [-0.05, 0) is 31.2 Å². The highest BCUT2D eigenvalue weighted by Crippen LogP contribution is 2.24. The lowest BCUT2D eigenvalue weighted by molar-refractivity contribution is 0.0745. The van der Waals surface area contributed by atoms with Gasteiger partial charge in [-0.2, -0.15) is 0 Å². The molecular formula is C20H19BrN4OS. The van der Waals surface area contributed by atoms with Crippen molar-refractivity contribution < 1.29 is 4.79 Å². The number of anilines is 1. The molecule has 0 atom stereocenters. The summed E-state index contributed by atoms with van der Waals surface area (Å²) in [6.07, 6.45) is 1.82. The fourth-order valence-electron chi connectivity index (χ4n) is 3.24. The van der Waals surface area contributed by atoms with Crippen LogP contribution in [0, 0.1) is 6.92 Å². The maximum Gasteiger partial charge on any atom is 0.255 e. The van der Waals surface area contributed by atoms with Crippen LogP contribution in [-0.4, -0.2) is 47.0 Å². The van der Waals surface area contributed by atoms with Gasteiger partial charge in [0.2, 0.25) is 0 Å². The fourth-order valence-corrected chi connectivity index (χ4v) is 4.33. The highest BCUT2D eigenvalue weighted by molar-refractivity contribution is 9.10. The largest absolute Gasteiger partial charge is 0.345 e. The fraction of sp³-hybridized carbons (Fsp3) is 0.250. The van der Waals surface area contributed by atoms with E-state index in [-0.39, 0.29) is 5.91 Å². The molecule has 3 aromatic rings. The predicted octanol–water partition coefficient (Wildman–Crippen LogP) is 4.24. The number of hydrogen-bond acceptors (Lipinski definition) is 5. The Balaban J connectivity index is 1.48. The first kappa shape index (κ1) is 18.1. The van der Waals surface area contributed by atoms with Gasteiger partial charge in [-0.25, -0.2) is 4.98 Å². The van der Waals surface area contributed by atoms with Crippen molar-refractivity contribution in [2.24, 2.45) is 0 Å². The molecule has 0 aliphatic carbocycles. The van der Waals surface area contributed by atoms with Crippen LogP contribution in [0.25, 0.3) is 11.3 Å². The molecule has 1 amide bonds. The first-order chi connectivity index (χ1) is 13.1. The summed E-state index contributed by atoms with van der Waals surface area (Å²) < 4.78 is 1.01. The molecule has 138 valence electrons. The molecule has 4 rings (SSSR count). The van der Waals surface area contributed by atoms with Crippen molar-refractivity contribution in [3.63, 3.8) is 0 Å². The van der Waals surface area contributed by atoms with E-state index in [2.05, 4.69) is 30.8 Å². The summed E-state index contributed by atoms with van der Waals surface area (Å²) in [7, 11) is 0. The Morgan fingerprint density at radius 2 is 1.96 bits per heavy atom. The summed E-state index contributed by atoms with van der Waals surface area (Å²) in [5, 5.41) is 3.01. The van der Waals surface area contributed by atoms with E-state index in [9.17, 15) is 4.79 Å². The van der Waals surface area contributed by atoms with E-state index in [1.165, 1.54) is 0 Å². The molecule has 1 fully saturated rings. The zero-order chi connectivity index (χ0) is 18.8. The molecule has 1 aromatic carbocycles. The van der Waals surface area contributed by atoms with Gasteiger partial charge in [0.15, 0.2) is 5.13 Å². The number of amides is 1. The third-order valence-electron chi connectivity index (χ3n) is 4.69. The monoisotopic (exact) mass is 442 g/mol. The lowest BCUT2D eigenvalue weighted by atomic mass is 10.1. The van der Waals surface area contributed by atoms with Crippen molar-refractivity contribution in [1.82, 2.24) is 14.9 Å². The van der Waals surface area contributed by atoms with Gasteiger partial charge in [0.05, 0.1) is 17.0 Å². The molecule has 1 aliphatic rings. The maximum absolute atomic E-state index is 13.0. The van der Waals surface area contributed by atoms with Crippen molar-refractivity contribution in [1.29, 1.82) is 0 Å². The number of pyridine rings is 1. The quantitative estimate of drug-likeness (QED) is 0.608. The van der Waals surface area contributed by atoms with Crippen LogP contribution in [0.2, 0.25) is 0 Å². The normalized spacial score (nSPS) is 14.4. The second-order valence-electron chi connectivity index (χ2n) is 6.43. The van der Waals surface area contributed by atoms with Gasteiger partial charge in [-0.3, -0.25) is 9.78 Å². The standard InChI is InChI=1S/C20H19BrN4OS/c1-14-17(5-6-18(23-14)15-3-2-4-16(21)13-15)19(26)24-8-10-25(11-9-24)20-22-7-12-27-20/h2-7,12-13H,8-11H2,1H3. The lowest BCUT2D eigenvalue weighted by Crippen LogP contribution is -2.49. The predicted molar refractivity (Wildman–Crippen MR) is 112 cm³/mol. The third-order valence-corrected chi connectivity index (χ3v) is 6.02. The Morgan fingerprint density at radius 1 is 1.15 bits per heavy atom. The average Bonchev–Trinajstić information content (AvgIpc) is 3.22. The van der Waals surface area contributed by atoms with Gasteiger partial charge in [0.25, 0.3) is 5.91 Å². The molecule has 2 aromatic heterocycles. The maximum atomic E-state index is 13.0.